The third kappa shape index (κ3) is 5.27. The van der Waals surface area contributed by atoms with Gasteiger partial charge in [0.2, 0.25) is 5.91 Å². The lowest BCUT2D eigenvalue weighted by Gasteiger charge is -2.18. The Kier molecular flexibility index (Phi) is 6.44. The molecular formula is C18H28N4O. The van der Waals surface area contributed by atoms with E-state index in [1.165, 1.54) is 5.56 Å². The van der Waals surface area contributed by atoms with Crippen molar-refractivity contribution in [1.82, 2.24) is 15.1 Å². The van der Waals surface area contributed by atoms with Crippen molar-refractivity contribution in [3.8, 4) is 0 Å². The highest BCUT2D eigenvalue weighted by Gasteiger charge is 2.29. The first-order valence-electron chi connectivity index (χ1n) is 8.37. The molecule has 5 heteroatoms. The average molecular weight is 316 g/mol. The number of nitrogens with one attached hydrogen (secondary N) is 1. The fraction of sp³-hybridized carbons (Fsp3) is 0.556. The summed E-state index contributed by atoms with van der Waals surface area (Å²) < 4.78 is 0. The van der Waals surface area contributed by atoms with Crippen molar-refractivity contribution in [2.45, 2.75) is 19.8 Å². The van der Waals surface area contributed by atoms with Crippen LogP contribution in [0, 0.1) is 5.92 Å². The predicted molar refractivity (Wildman–Crippen MR) is 94.5 cm³/mol. The molecule has 1 N–H and O–H groups in total. The molecule has 5 nitrogen and oxygen atoms in total. The number of carbonyl (C=O) groups excluding carboxylic acids is 1. The molecule has 23 heavy (non-hydrogen) atoms. The number of hydrogen-bond donors (Lipinski definition) is 1. The molecular weight excluding hydrogens is 288 g/mol. The number of benzene rings is 1. The van der Waals surface area contributed by atoms with Gasteiger partial charge in [-0.1, -0.05) is 30.3 Å². The van der Waals surface area contributed by atoms with Crippen molar-refractivity contribution in [1.29, 1.82) is 0 Å². The van der Waals surface area contributed by atoms with Crippen molar-refractivity contribution in [2.24, 2.45) is 10.9 Å². The first kappa shape index (κ1) is 17.3. The SMILES string of the molecule is CCNC(=NCC1CC(=O)N(CCc2ccccc2)C1)N(C)C. The van der Waals surface area contributed by atoms with E-state index in [1.54, 1.807) is 0 Å². The van der Waals surface area contributed by atoms with Gasteiger partial charge in [-0.2, -0.15) is 0 Å². The van der Waals surface area contributed by atoms with Crippen LogP contribution in [-0.4, -0.2) is 61.9 Å². The molecule has 1 heterocycles. The van der Waals surface area contributed by atoms with E-state index in [0.29, 0.717) is 18.9 Å². The summed E-state index contributed by atoms with van der Waals surface area (Å²) in [5.74, 6) is 1.48. The van der Waals surface area contributed by atoms with Gasteiger partial charge in [-0.05, 0) is 18.9 Å². The lowest BCUT2D eigenvalue weighted by Crippen LogP contribution is -2.36. The molecule has 1 saturated heterocycles. The zero-order valence-corrected chi connectivity index (χ0v) is 14.5. The van der Waals surface area contributed by atoms with E-state index in [9.17, 15) is 4.79 Å². The average Bonchev–Trinajstić information content (AvgIpc) is 2.90. The molecule has 1 aliphatic rings. The van der Waals surface area contributed by atoms with Crippen molar-refractivity contribution >= 4 is 11.9 Å². The third-order valence-corrected chi connectivity index (χ3v) is 4.07. The largest absolute Gasteiger partial charge is 0.357 e. The molecule has 1 atom stereocenters. The van der Waals surface area contributed by atoms with E-state index in [0.717, 1.165) is 32.0 Å². The third-order valence-electron chi connectivity index (χ3n) is 4.07. The Bertz CT molecular complexity index is 527. The summed E-state index contributed by atoms with van der Waals surface area (Å²) in [6.45, 7) is 5.24. The van der Waals surface area contributed by atoms with Gasteiger partial charge in [-0.25, -0.2) is 0 Å². The summed E-state index contributed by atoms with van der Waals surface area (Å²) in [5, 5.41) is 3.25. The van der Waals surface area contributed by atoms with Gasteiger partial charge in [0.05, 0.1) is 0 Å². The first-order valence-corrected chi connectivity index (χ1v) is 8.37. The number of carbonyl (C=O) groups is 1. The lowest BCUT2D eigenvalue weighted by molar-refractivity contribution is -0.127. The molecule has 0 bridgehead atoms. The number of hydrogen-bond acceptors (Lipinski definition) is 2. The van der Waals surface area contributed by atoms with Crippen molar-refractivity contribution in [3.63, 3.8) is 0 Å². The smallest absolute Gasteiger partial charge is 0.223 e. The zero-order chi connectivity index (χ0) is 16.7. The lowest BCUT2D eigenvalue weighted by atomic mass is 10.1. The zero-order valence-electron chi connectivity index (χ0n) is 14.5. The monoisotopic (exact) mass is 316 g/mol. The molecule has 1 aliphatic heterocycles. The fourth-order valence-corrected chi connectivity index (χ4v) is 2.83. The van der Waals surface area contributed by atoms with Crippen LogP contribution in [-0.2, 0) is 11.2 Å². The van der Waals surface area contributed by atoms with Gasteiger partial charge < -0.3 is 15.1 Å². The predicted octanol–water partition coefficient (Wildman–Crippen LogP) is 1.60. The molecule has 0 radical (unpaired) electrons. The quantitative estimate of drug-likeness (QED) is 0.641. The molecule has 0 aromatic heterocycles. The second-order valence-corrected chi connectivity index (χ2v) is 6.23. The van der Waals surface area contributed by atoms with Gasteiger partial charge in [0.15, 0.2) is 5.96 Å². The Balaban J connectivity index is 1.83. The van der Waals surface area contributed by atoms with Crippen LogP contribution in [0.25, 0.3) is 0 Å². The number of amides is 1. The fourth-order valence-electron chi connectivity index (χ4n) is 2.83. The summed E-state index contributed by atoms with van der Waals surface area (Å²) in [6.07, 6.45) is 1.54. The first-order chi connectivity index (χ1) is 11.1. The van der Waals surface area contributed by atoms with Crippen LogP contribution < -0.4 is 5.32 Å². The number of likely N-dealkylation sites (tertiary alicyclic amines) is 1. The number of nitrogens with zero attached hydrogens (tertiary/aromatic N) is 3. The molecule has 2 rings (SSSR count). The highest BCUT2D eigenvalue weighted by Crippen LogP contribution is 2.18. The summed E-state index contributed by atoms with van der Waals surface area (Å²) in [5.41, 5.74) is 1.28. The van der Waals surface area contributed by atoms with E-state index >= 15 is 0 Å². The Morgan fingerprint density at radius 1 is 1.35 bits per heavy atom. The maximum Gasteiger partial charge on any atom is 0.223 e. The maximum absolute atomic E-state index is 12.2. The molecule has 0 spiro atoms. The molecule has 0 saturated carbocycles. The van der Waals surface area contributed by atoms with Crippen molar-refractivity contribution < 1.29 is 4.79 Å². The summed E-state index contributed by atoms with van der Waals surface area (Å²) in [6, 6.07) is 10.3. The Hall–Kier alpha value is -2.04. The van der Waals surface area contributed by atoms with Gasteiger partial charge in [-0.3, -0.25) is 9.79 Å². The van der Waals surface area contributed by atoms with E-state index in [4.69, 9.17) is 0 Å². The number of rotatable bonds is 6. The minimum absolute atomic E-state index is 0.260. The summed E-state index contributed by atoms with van der Waals surface area (Å²) >= 11 is 0. The Labute approximate surface area is 139 Å². The normalized spacial score (nSPS) is 18.4. The van der Waals surface area contributed by atoms with Crippen molar-refractivity contribution in [2.75, 3.05) is 40.3 Å². The molecule has 1 aromatic carbocycles. The van der Waals surface area contributed by atoms with Crippen molar-refractivity contribution in [3.05, 3.63) is 35.9 Å². The standard InChI is InChI=1S/C18H28N4O/c1-4-19-18(21(2)3)20-13-16-12-17(23)22(14-16)11-10-15-8-6-5-7-9-15/h5-9,16H,4,10-14H2,1-3H3,(H,19,20). The van der Waals surface area contributed by atoms with E-state index in [1.807, 2.05) is 42.1 Å². The summed E-state index contributed by atoms with van der Waals surface area (Å²) in [7, 11) is 3.96. The van der Waals surface area contributed by atoms with Gasteiger partial charge in [-0.15, -0.1) is 0 Å². The molecule has 0 aliphatic carbocycles. The van der Waals surface area contributed by atoms with Gasteiger partial charge in [0, 0.05) is 52.6 Å². The van der Waals surface area contributed by atoms with Gasteiger partial charge in [0.25, 0.3) is 0 Å². The Morgan fingerprint density at radius 2 is 2.09 bits per heavy atom. The van der Waals surface area contributed by atoms with E-state index in [2.05, 4.69) is 29.4 Å². The van der Waals surface area contributed by atoms with Gasteiger partial charge >= 0.3 is 0 Å². The van der Waals surface area contributed by atoms with Crippen LogP contribution in [0.5, 0.6) is 0 Å². The molecule has 1 unspecified atom stereocenters. The van der Waals surface area contributed by atoms with E-state index in [-0.39, 0.29) is 5.91 Å². The highest BCUT2D eigenvalue weighted by molar-refractivity contribution is 5.80. The van der Waals surface area contributed by atoms with Gasteiger partial charge in [0.1, 0.15) is 0 Å². The molecule has 126 valence electrons. The Morgan fingerprint density at radius 3 is 2.74 bits per heavy atom. The van der Waals surface area contributed by atoms with E-state index < -0.39 is 0 Å². The second kappa shape index (κ2) is 8.56. The molecule has 1 aromatic rings. The second-order valence-electron chi connectivity index (χ2n) is 6.23. The highest BCUT2D eigenvalue weighted by atomic mass is 16.2. The molecule has 1 amide bonds. The maximum atomic E-state index is 12.2. The van der Waals surface area contributed by atoms with Crippen LogP contribution in [0.4, 0.5) is 0 Å². The minimum atomic E-state index is 0.260. The van der Waals surface area contributed by atoms with Crippen LogP contribution >= 0.6 is 0 Å². The summed E-state index contributed by atoms with van der Waals surface area (Å²) in [4.78, 5) is 20.8. The number of guanidine groups is 1. The number of aliphatic imine (C=N–C) groups is 1. The van der Waals surface area contributed by atoms with Crippen LogP contribution in [0.1, 0.15) is 18.9 Å². The van der Waals surface area contributed by atoms with Crippen LogP contribution in [0.2, 0.25) is 0 Å². The van der Waals surface area contributed by atoms with Crippen LogP contribution in [0.15, 0.2) is 35.3 Å². The molecule has 1 fully saturated rings. The minimum Gasteiger partial charge on any atom is -0.357 e. The van der Waals surface area contributed by atoms with Crippen LogP contribution in [0.3, 0.4) is 0 Å². The topological polar surface area (TPSA) is 47.9 Å².